The summed E-state index contributed by atoms with van der Waals surface area (Å²) in [6.07, 6.45) is 4.56. The molecule has 1 aromatic carbocycles. The van der Waals surface area contributed by atoms with E-state index in [0.717, 1.165) is 37.7 Å². The van der Waals surface area contributed by atoms with Crippen molar-refractivity contribution in [2.45, 2.75) is 50.9 Å². The third-order valence-corrected chi connectivity index (χ3v) is 4.52. The molecule has 2 fully saturated rings. The number of rotatable bonds is 3. The molecule has 3 rings (SSSR count). The molecule has 0 bridgehead atoms. The zero-order valence-corrected chi connectivity index (χ0v) is 12.6. The van der Waals surface area contributed by atoms with Gasteiger partial charge in [-0.15, -0.1) is 0 Å². The van der Waals surface area contributed by atoms with E-state index in [4.69, 9.17) is 9.47 Å². The second kappa shape index (κ2) is 6.16. The number of benzene rings is 1. The molecule has 0 unspecified atom stereocenters. The summed E-state index contributed by atoms with van der Waals surface area (Å²) in [5.41, 5.74) is 1.99. The van der Waals surface area contributed by atoms with Crippen LogP contribution in [0.5, 0.6) is 0 Å². The van der Waals surface area contributed by atoms with Crippen molar-refractivity contribution in [1.82, 2.24) is 5.32 Å². The van der Waals surface area contributed by atoms with E-state index in [-0.39, 0.29) is 17.7 Å². The predicted molar refractivity (Wildman–Crippen MR) is 80.2 cm³/mol. The Morgan fingerprint density at radius 1 is 1.19 bits per heavy atom. The molecule has 4 heteroatoms. The van der Waals surface area contributed by atoms with E-state index in [0.29, 0.717) is 13.2 Å². The smallest absolute Gasteiger partial charge is 0.251 e. The maximum Gasteiger partial charge on any atom is 0.251 e. The van der Waals surface area contributed by atoms with Crippen LogP contribution in [0, 0.1) is 0 Å². The van der Waals surface area contributed by atoms with Crippen LogP contribution in [-0.4, -0.2) is 30.9 Å². The predicted octanol–water partition coefficient (Wildman–Crippen LogP) is 2.66. The first-order valence-electron chi connectivity index (χ1n) is 7.88. The minimum Gasteiger partial charge on any atom is -0.349 e. The molecular formula is C17H23NO3. The highest BCUT2D eigenvalue weighted by Crippen LogP contribution is 2.35. The highest BCUT2D eigenvalue weighted by molar-refractivity contribution is 5.94. The summed E-state index contributed by atoms with van der Waals surface area (Å²) in [5, 5.41) is 3.13. The molecule has 1 aromatic rings. The molecule has 2 aliphatic rings. The normalized spacial score (nSPS) is 21.6. The zero-order chi connectivity index (χ0) is 14.7. The third kappa shape index (κ3) is 3.27. The highest BCUT2D eigenvalue weighted by Gasteiger charge is 2.40. The highest BCUT2D eigenvalue weighted by atomic mass is 16.7. The van der Waals surface area contributed by atoms with Gasteiger partial charge in [0, 0.05) is 24.4 Å². The number of ether oxygens (including phenoxy) is 2. The van der Waals surface area contributed by atoms with E-state index in [2.05, 4.69) is 12.2 Å². The second-order valence-electron chi connectivity index (χ2n) is 5.91. The van der Waals surface area contributed by atoms with Crippen molar-refractivity contribution in [1.29, 1.82) is 0 Å². The lowest BCUT2D eigenvalue weighted by Crippen LogP contribution is -2.44. The topological polar surface area (TPSA) is 47.6 Å². The number of amides is 1. The van der Waals surface area contributed by atoms with E-state index in [1.165, 1.54) is 5.56 Å². The van der Waals surface area contributed by atoms with Crippen LogP contribution in [0.15, 0.2) is 24.3 Å². The molecule has 1 spiro atoms. The standard InChI is InChI=1S/C17H23NO3/c1-2-13-3-5-14(6-4-13)16(19)18-15-7-9-17(10-8-15)20-11-12-21-17/h3-6,15H,2,7-12H2,1H3,(H,18,19). The molecule has 1 saturated carbocycles. The number of carbonyl (C=O) groups excluding carboxylic acids is 1. The fourth-order valence-electron chi connectivity index (χ4n) is 3.15. The molecule has 0 radical (unpaired) electrons. The summed E-state index contributed by atoms with van der Waals surface area (Å²) in [4.78, 5) is 12.3. The fraction of sp³-hybridized carbons (Fsp3) is 0.588. The molecule has 1 amide bonds. The quantitative estimate of drug-likeness (QED) is 0.930. The van der Waals surface area contributed by atoms with Crippen LogP contribution in [-0.2, 0) is 15.9 Å². The lowest BCUT2D eigenvalue weighted by atomic mass is 9.90. The summed E-state index contributed by atoms with van der Waals surface area (Å²) in [6, 6.07) is 8.07. The van der Waals surface area contributed by atoms with Crippen molar-refractivity contribution >= 4 is 5.91 Å². The lowest BCUT2D eigenvalue weighted by molar-refractivity contribution is -0.179. The molecule has 0 aromatic heterocycles. The van der Waals surface area contributed by atoms with Gasteiger partial charge in [-0.3, -0.25) is 4.79 Å². The van der Waals surface area contributed by atoms with Crippen LogP contribution >= 0.6 is 0 Å². The number of hydrogen-bond donors (Lipinski definition) is 1. The first kappa shape index (κ1) is 14.5. The van der Waals surface area contributed by atoms with Crippen LogP contribution < -0.4 is 5.32 Å². The Kier molecular flexibility index (Phi) is 4.27. The summed E-state index contributed by atoms with van der Waals surface area (Å²) < 4.78 is 11.4. The summed E-state index contributed by atoms with van der Waals surface area (Å²) >= 11 is 0. The van der Waals surface area contributed by atoms with E-state index >= 15 is 0 Å². The first-order valence-corrected chi connectivity index (χ1v) is 7.88. The number of aryl methyl sites for hydroxylation is 1. The van der Waals surface area contributed by atoms with E-state index in [1.807, 2.05) is 24.3 Å². The number of nitrogens with one attached hydrogen (secondary N) is 1. The first-order chi connectivity index (χ1) is 10.2. The molecule has 21 heavy (non-hydrogen) atoms. The van der Waals surface area contributed by atoms with Gasteiger partial charge in [0.1, 0.15) is 0 Å². The van der Waals surface area contributed by atoms with Crippen molar-refractivity contribution < 1.29 is 14.3 Å². The summed E-state index contributed by atoms with van der Waals surface area (Å²) in [5.74, 6) is -0.337. The molecular weight excluding hydrogens is 266 g/mol. The Labute approximate surface area is 125 Å². The van der Waals surface area contributed by atoms with Gasteiger partial charge >= 0.3 is 0 Å². The minimum absolute atomic E-state index is 0.0202. The molecule has 1 heterocycles. The largest absolute Gasteiger partial charge is 0.349 e. The minimum atomic E-state index is -0.357. The molecule has 1 saturated heterocycles. The van der Waals surface area contributed by atoms with E-state index < -0.39 is 0 Å². The maximum absolute atomic E-state index is 12.3. The number of carbonyl (C=O) groups is 1. The van der Waals surface area contributed by atoms with Crippen molar-refractivity contribution in [3.63, 3.8) is 0 Å². The van der Waals surface area contributed by atoms with Crippen LogP contribution in [0.2, 0.25) is 0 Å². The van der Waals surface area contributed by atoms with Crippen molar-refractivity contribution in [2.24, 2.45) is 0 Å². The monoisotopic (exact) mass is 289 g/mol. The maximum atomic E-state index is 12.3. The van der Waals surface area contributed by atoms with Gasteiger partial charge in [-0.05, 0) is 37.0 Å². The van der Waals surface area contributed by atoms with Gasteiger partial charge < -0.3 is 14.8 Å². The van der Waals surface area contributed by atoms with Gasteiger partial charge in [-0.25, -0.2) is 0 Å². The Morgan fingerprint density at radius 3 is 2.38 bits per heavy atom. The molecule has 4 nitrogen and oxygen atoms in total. The average Bonchev–Trinajstić information content (AvgIpc) is 2.98. The summed E-state index contributed by atoms with van der Waals surface area (Å²) in [6.45, 7) is 3.50. The Bertz CT molecular complexity index is 481. The van der Waals surface area contributed by atoms with Crippen molar-refractivity contribution in [2.75, 3.05) is 13.2 Å². The van der Waals surface area contributed by atoms with E-state index in [1.54, 1.807) is 0 Å². The van der Waals surface area contributed by atoms with Crippen LogP contribution in [0.1, 0.15) is 48.5 Å². The van der Waals surface area contributed by atoms with Gasteiger partial charge in [-0.1, -0.05) is 19.1 Å². The summed E-state index contributed by atoms with van der Waals surface area (Å²) in [7, 11) is 0. The second-order valence-corrected chi connectivity index (χ2v) is 5.91. The SMILES string of the molecule is CCc1ccc(C(=O)NC2CCC3(CC2)OCCO3)cc1. The van der Waals surface area contributed by atoms with Gasteiger partial charge in [0.25, 0.3) is 5.91 Å². The molecule has 114 valence electrons. The van der Waals surface area contributed by atoms with Gasteiger partial charge in [0.2, 0.25) is 0 Å². The zero-order valence-electron chi connectivity index (χ0n) is 12.6. The van der Waals surface area contributed by atoms with Crippen molar-refractivity contribution in [3.05, 3.63) is 35.4 Å². The van der Waals surface area contributed by atoms with Gasteiger partial charge in [0.15, 0.2) is 5.79 Å². The van der Waals surface area contributed by atoms with Crippen LogP contribution in [0.3, 0.4) is 0 Å². The molecule has 1 aliphatic carbocycles. The Morgan fingerprint density at radius 2 is 1.81 bits per heavy atom. The van der Waals surface area contributed by atoms with Gasteiger partial charge in [-0.2, -0.15) is 0 Å². The third-order valence-electron chi connectivity index (χ3n) is 4.52. The van der Waals surface area contributed by atoms with Gasteiger partial charge in [0.05, 0.1) is 13.2 Å². The Hall–Kier alpha value is -1.39. The average molecular weight is 289 g/mol. The van der Waals surface area contributed by atoms with E-state index in [9.17, 15) is 4.79 Å². The molecule has 1 N–H and O–H groups in total. The van der Waals surface area contributed by atoms with Crippen LogP contribution in [0.25, 0.3) is 0 Å². The van der Waals surface area contributed by atoms with Crippen LogP contribution in [0.4, 0.5) is 0 Å². The number of hydrogen-bond acceptors (Lipinski definition) is 3. The van der Waals surface area contributed by atoms with Crippen molar-refractivity contribution in [3.8, 4) is 0 Å². The lowest BCUT2D eigenvalue weighted by Gasteiger charge is -2.35. The fourth-order valence-corrected chi connectivity index (χ4v) is 3.15. The molecule has 0 atom stereocenters. The molecule has 1 aliphatic heterocycles. The Balaban J connectivity index is 1.53.